The molecule has 3 aromatic rings. The van der Waals surface area contributed by atoms with Crippen molar-refractivity contribution in [1.29, 1.82) is 0 Å². The predicted molar refractivity (Wildman–Crippen MR) is 86.1 cm³/mol. The largest absolute Gasteiger partial charge is 0.399 e. The molecule has 0 amide bonds. The normalized spacial score (nSPS) is 10.4. The molecule has 0 bridgehead atoms. The summed E-state index contributed by atoms with van der Waals surface area (Å²) in [6, 6.07) is 24.1. The summed E-state index contributed by atoms with van der Waals surface area (Å²) in [5.74, 6) is 0. The summed E-state index contributed by atoms with van der Waals surface area (Å²) >= 11 is 0. The first kappa shape index (κ1) is 12.3. The van der Waals surface area contributed by atoms with Crippen LogP contribution in [0.2, 0.25) is 0 Å². The van der Waals surface area contributed by atoms with Crippen molar-refractivity contribution in [2.45, 2.75) is 0 Å². The molecule has 20 heavy (non-hydrogen) atoms. The maximum Gasteiger partial charge on any atom is 0.0393 e. The second-order valence-corrected chi connectivity index (χ2v) is 4.80. The third kappa shape index (κ3) is 2.36. The fourth-order valence-corrected chi connectivity index (χ4v) is 2.36. The summed E-state index contributed by atoms with van der Waals surface area (Å²) in [7, 11) is 0. The molecule has 0 spiro atoms. The van der Waals surface area contributed by atoms with E-state index in [0.717, 1.165) is 33.6 Å². The average molecular weight is 260 g/mol. The number of nitrogens with two attached hydrogens (primary N) is 2. The number of rotatable bonds is 2. The standard InChI is InChI=1S/C18H16N2/c19-16-11-14(13-6-2-1-3-7-13)10-15(12-16)17-8-4-5-9-18(17)20/h1-12H,19-20H2. The molecule has 4 N–H and O–H groups in total. The maximum absolute atomic E-state index is 6.05. The van der Waals surface area contributed by atoms with Gasteiger partial charge in [-0.05, 0) is 41.0 Å². The van der Waals surface area contributed by atoms with E-state index >= 15 is 0 Å². The molecule has 0 aliphatic heterocycles. The van der Waals surface area contributed by atoms with Crippen LogP contribution >= 0.6 is 0 Å². The molecule has 2 heteroatoms. The predicted octanol–water partition coefficient (Wildman–Crippen LogP) is 4.19. The van der Waals surface area contributed by atoms with Gasteiger partial charge >= 0.3 is 0 Å². The molecule has 98 valence electrons. The van der Waals surface area contributed by atoms with Gasteiger partial charge in [0.1, 0.15) is 0 Å². The quantitative estimate of drug-likeness (QED) is 0.679. The number of hydrogen-bond donors (Lipinski definition) is 2. The van der Waals surface area contributed by atoms with Crippen LogP contribution in [0.5, 0.6) is 0 Å². The van der Waals surface area contributed by atoms with E-state index in [2.05, 4.69) is 18.2 Å². The molecule has 3 aromatic carbocycles. The Morgan fingerprint density at radius 2 is 1.20 bits per heavy atom. The molecular formula is C18H16N2. The van der Waals surface area contributed by atoms with Gasteiger partial charge in [0.15, 0.2) is 0 Å². The van der Waals surface area contributed by atoms with Gasteiger partial charge in [-0.3, -0.25) is 0 Å². The topological polar surface area (TPSA) is 52.0 Å². The van der Waals surface area contributed by atoms with E-state index in [1.165, 1.54) is 0 Å². The van der Waals surface area contributed by atoms with Crippen LogP contribution in [0.1, 0.15) is 0 Å². The van der Waals surface area contributed by atoms with E-state index in [-0.39, 0.29) is 0 Å². The van der Waals surface area contributed by atoms with Gasteiger partial charge in [0.2, 0.25) is 0 Å². The Labute approximate surface area is 118 Å². The third-order valence-corrected chi connectivity index (χ3v) is 3.33. The minimum atomic E-state index is 0.740. The molecule has 2 nitrogen and oxygen atoms in total. The second-order valence-electron chi connectivity index (χ2n) is 4.80. The minimum Gasteiger partial charge on any atom is -0.399 e. The van der Waals surface area contributed by atoms with Crippen LogP contribution in [0.3, 0.4) is 0 Å². The number of nitrogen functional groups attached to an aromatic ring is 2. The van der Waals surface area contributed by atoms with Crippen molar-refractivity contribution in [2.75, 3.05) is 11.5 Å². The zero-order valence-corrected chi connectivity index (χ0v) is 11.1. The fraction of sp³-hybridized carbons (Fsp3) is 0. The highest BCUT2D eigenvalue weighted by atomic mass is 14.6. The molecule has 0 heterocycles. The average Bonchev–Trinajstić information content (AvgIpc) is 2.48. The Kier molecular flexibility index (Phi) is 3.13. The second kappa shape index (κ2) is 5.10. The highest BCUT2D eigenvalue weighted by molar-refractivity contribution is 5.82. The van der Waals surface area contributed by atoms with Gasteiger partial charge in [0, 0.05) is 16.9 Å². The summed E-state index contributed by atoms with van der Waals surface area (Å²) in [4.78, 5) is 0. The molecule has 0 fully saturated rings. The van der Waals surface area contributed by atoms with Gasteiger partial charge in [-0.25, -0.2) is 0 Å². The lowest BCUT2D eigenvalue weighted by molar-refractivity contribution is 1.58. The van der Waals surface area contributed by atoms with E-state index in [9.17, 15) is 0 Å². The zero-order valence-electron chi connectivity index (χ0n) is 11.1. The number of benzene rings is 3. The van der Waals surface area contributed by atoms with Crippen LogP contribution in [0, 0.1) is 0 Å². The van der Waals surface area contributed by atoms with Gasteiger partial charge in [-0.1, -0.05) is 48.5 Å². The summed E-state index contributed by atoms with van der Waals surface area (Å²) in [6.07, 6.45) is 0. The number of anilines is 2. The first-order valence-corrected chi connectivity index (χ1v) is 6.55. The van der Waals surface area contributed by atoms with Gasteiger partial charge in [0.05, 0.1) is 0 Å². The molecule has 0 radical (unpaired) electrons. The Hall–Kier alpha value is -2.74. The van der Waals surface area contributed by atoms with Gasteiger partial charge < -0.3 is 11.5 Å². The van der Waals surface area contributed by atoms with E-state index < -0.39 is 0 Å². The highest BCUT2D eigenvalue weighted by Crippen LogP contribution is 2.31. The number of hydrogen-bond acceptors (Lipinski definition) is 2. The maximum atomic E-state index is 6.05. The molecule has 0 aliphatic rings. The van der Waals surface area contributed by atoms with Crippen molar-refractivity contribution in [3.63, 3.8) is 0 Å². The molecule has 3 rings (SSSR count). The molecule has 0 unspecified atom stereocenters. The molecule has 0 aliphatic carbocycles. The van der Waals surface area contributed by atoms with Gasteiger partial charge in [0.25, 0.3) is 0 Å². The van der Waals surface area contributed by atoms with Crippen LogP contribution in [-0.4, -0.2) is 0 Å². The van der Waals surface area contributed by atoms with Gasteiger partial charge in [-0.2, -0.15) is 0 Å². The minimum absolute atomic E-state index is 0.740. The van der Waals surface area contributed by atoms with Crippen LogP contribution in [0.25, 0.3) is 22.3 Å². The van der Waals surface area contributed by atoms with E-state index in [1.54, 1.807) is 0 Å². The highest BCUT2D eigenvalue weighted by Gasteiger charge is 2.06. The molecule has 0 aromatic heterocycles. The molecule has 0 atom stereocenters. The van der Waals surface area contributed by atoms with E-state index in [1.807, 2.05) is 54.6 Å². The first-order chi connectivity index (χ1) is 9.74. The SMILES string of the molecule is Nc1cc(-c2ccccc2)cc(-c2ccccc2N)c1. The van der Waals surface area contributed by atoms with Crippen molar-refractivity contribution in [3.8, 4) is 22.3 Å². The Bertz CT molecular complexity index is 733. The summed E-state index contributed by atoms with van der Waals surface area (Å²) in [5.41, 5.74) is 17.9. The Morgan fingerprint density at radius 1 is 0.550 bits per heavy atom. The third-order valence-electron chi connectivity index (χ3n) is 3.33. The lowest BCUT2D eigenvalue weighted by Crippen LogP contribution is -1.92. The molecule has 0 saturated heterocycles. The Morgan fingerprint density at radius 3 is 1.95 bits per heavy atom. The summed E-state index contributed by atoms with van der Waals surface area (Å²) in [6.45, 7) is 0. The molecule has 0 saturated carbocycles. The lowest BCUT2D eigenvalue weighted by atomic mass is 9.97. The van der Waals surface area contributed by atoms with E-state index in [0.29, 0.717) is 0 Å². The van der Waals surface area contributed by atoms with Crippen LogP contribution in [0.4, 0.5) is 11.4 Å². The Balaban J connectivity index is 2.15. The van der Waals surface area contributed by atoms with Crippen LogP contribution in [-0.2, 0) is 0 Å². The lowest BCUT2D eigenvalue weighted by Gasteiger charge is -2.10. The van der Waals surface area contributed by atoms with Crippen LogP contribution < -0.4 is 11.5 Å². The van der Waals surface area contributed by atoms with Crippen molar-refractivity contribution in [1.82, 2.24) is 0 Å². The molecular weight excluding hydrogens is 244 g/mol. The number of para-hydroxylation sites is 1. The first-order valence-electron chi connectivity index (χ1n) is 6.55. The van der Waals surface area contributed by atoms with Crippen molar-refractivity contribution in [2.24, 2.45) is 0 Å². The van der Waals surface area contributed by atoms with Crippen molar-refractivity contribution < 1.29 is 0 Å². The smallest absolute Gasteiger partial charge is 0.0393 e. The summed E-state index contributed by atoms with van der Waals surface area (Å²) < 4.78 is 0. The zero-order chi connectivity index (χ0) is 13.9. The monoisotopic (exact) mass is 260 g/mol. The van der Waals surface area contributed by atoms with Crippen molar-refractivity contribution >= 4 is 11.4 Å². The summed E-state index contributed by atoms with van der Waals surface area (Å²) in [5, 5.41) is 0. The van der Waals surface area contributed by atoms with Crippen LogP contribution in [0.15, 0.2) is 72.8 Å². The van der Waals surface area contributed by atoms with Gasteiger partial charge in [-0.15, -0.1) is 0 Å². The fourth-order valence-electron chi connectivity index (χ4n) is 2.36. The van der Waals surface area contributed by atoms with Crippen molar-refractivity contribution in [3.05, 3.63) is 72.8 Å². The van der Waals surface area contributed by atoms with E-state index in [4.69, 9.17) is 11.5 Å².